The van der Waals surface area contributed by atoms with Crippen molar-refractivity contribution in [2.75, 3.05) is 32.7 Å². The molecule has 0 aliphatic carbocycles. The Kier molecular flexibility index (Phi) is 8.49. The molecule has 1 aromatic rings. The Labute approximate surface area is 180 Å². The zero-order valence-corrected chi connectivity index (χ0v) is 19.0. The van der Waals surface area contributed by atoms with Crippen LogP contribution in [0.25, 0.3) is 0 Å². The summed E-state index contributed by atoms with van der Waals surface area (Å²) in [5, 5.41) is 2.60. The Morgan fingerprint density at radius 3 is 2.17 bits per heavy atom. The van der Waals surface area contributed by atoms with Gasteiger partial charge in [0.05, 0.1) is 0 Å². The van der Waals surface area contributed by atoms with Crippen molar-refractivity contribution in [3.8, 4) is 0 Å². The van der Waals surface area contributed by atoms with Crippen LogP contribution in [0.2, 0.25) is 0 Å². The van der Waals surface area contributed by atoms with Crippen LogP contribution < -0.4 is 5.32 Å². The van der Waals surface area contributed by atoms with Gasteiger partial charge in [-0.1, -0.05) is 28.1 Å². The summed E-state index contributed by atoms with van der Waals surface area (Å²) >= 11 is 3.44. The van der Waals surface area contributed by atoms with Gasteiger partial charge in [-0.15, -0.1) is 0 Å². The van der Waals surface area contributed by atoms with Crippen LogP contribution in [0.4, 0.5) is 4.79 Å². The number of amides is 3. The number of nitrogens with zero attached hydrogens (tertiary/aromatic N) is 2. The van der Waals surface area contributed by atoms with Crippen molar-refractivity contribution in [2.45, 2.75) is 45.6 Å². The summed E-state index contributed by atoms with van der Waals surface area (Å²) < 4.78 is 6.16. The highest BCUT2D eigenvalue weighted by Crippen LogP contribution is 2.14. The molecule has 1 aromatic carbocycles. The van der Waals surface area contributed by atoms with Gasteiger partial charge >= 0.3 is 6.09 Å². The topological polar surface area (TPSA) is 79.0 Å². The fourth-order valence-electron chi connectivity index (χ4n) is 3.05. The Bertz CT molecular complexity index is 725. The molecule has 8 heteroatoms. The summed E-state index contributed by atoms with van der Waals surface area (Å²) in [5.74, 6) is 0.0889. The van der Waals surface area contributed by atoms with E-state index in [1.54, 1.807) is 25.7 Å². The van der Waals surface area contributed by atoms with Gasteiger partial charge in [-0.2, -0.15) is 0 Å². The number of hydrogen-bond donors (Lipinski definition) is 1. The molecular formula is C21H30BrN3O4. The number of alkyl carbamates (subject to hydrolysis) is 1. The quantitative estimate of drug-likeness (QED) is 0.697. The summed E-state index contributed by atoms with van der Waals surface area (Å²) in [5.41, 5.74) is 0.563. The second-order valence-corrected chi connectivity index (χ2v) is 8.99. The van der Waals surface area contributed by atoms with Crippen molar-refractivity contribution in [1.82, 2.24) is 15.1 Å². The summed E-state index contributed by atoms with van der Waals surface area (Å²) in [7, 11) is 0. The average Bonchev–Trinajstić information content (AvgIpc) is 2.65. The van der Waals surface area contributed by atoms with Gasteiger partial charge in [0.1, 0.15) is 5.60 Å². The third kappa shape index (κ3) is 8.43. The fraction of sp³-hybridized carbons (Fsp3) is 0.571. The van der Waals surface area contributed by atoms with Crippen LogP contribution in [0, 0.1) is 0 Å². The zero-order valence-electron chi connectivity index (χ0n) is 17.4. The molecule has 0 unspecified atom stereocenters. The monoisotopic (exact) mass is 467 g/mol. The SMILES string of the molecule is CC(C)(C)OC(=O)NCCC(=O)N1CCN(C(=O)CCc2cccc(Br)c2)CC1. The van der Waals surface area contributed by atoms with Crippen LogP contribution in [-0.4, -0.2) is 66.0 Å². The zero-order chi connectivity index (χ0) is 21.4. The normalized spacial score (nSPS) is 14.5. The first-order valence-electron chi connectivity index (χ1n) is 9.91. The molecule has 0 saturated carbocycles. The van der Waals surface area contributed by atoms with E-state index in [4.69, 9.17) is 4.74 Å². The first-order chi connectivity index (χ1) is 13.6. The lowest BCUT2D eigenvalue weighted by molar-refractivity contribution is -0.139. The molecule has 7 nitrogen and oxygen atoms in total. The van der Waals surface area contributed by atoms with Gasteiger partial charge in [-0.05, 0) is 44.9 Å². The summed E-state index contributed by atoms with van der Waals surface area (Å²) in [6, 6.07) is 7.96. The highest BCUT2D eigenvalue weighted by atomic mass is 79.9. The van der Waals surface area contributed by atoms with Crippen LogP contribution in [0.5, 0.6) is 0 Å². The van der Waals surface area contributed by atoms with E-state index in [9.17, 15) is 14.4 Å². The number of aryl methyl sites for hydroxylation is 1. The van der Waals surface area contributed by atoms with Crippen molar-refractivity contribution in [2.24, 2.45) is 0 Å². The second-order valence-electron chi connectivity index (χ2n) is 8.07. The molecule has 2 rings (SSSR count). The number of nitrogens with one attached hydrogen (secondary N) is 1. The maximum absolute atomic E-state index is 12.4. The van der Waals surface area contributed by atoms with E-state index in [-0.39, 0.29) is 24.8 Å². The van der Waals surface area contributed by atoms with Crippen molar-refractivity contribution in [3.05, 3.63) is 34.3 Å². The minimum atomic E-state index is -0.562. The average molecular weight is 468 g/mol. The third-order valence-corrected chi connectivity index (χ3v) is 5.00. The standard InChI is InChI=1S/C21H30BrN3O4/c1-21(2,3)29-20(28)23-10-9-19(27)25-13-11-24(12-14-25)18(26)8-7-16-5-4-6-17(22)15-16/h4-6,15H,7-14H2,1-3H3,(H,23,28). The Balaban J connectivity index is 1.66. The van der Waals surface area contributed by atoms with Crippen molar-refractivity contribution in [1.29, 1.82) is 0 Å². The van der Waals surface area contributed by atoms with E-state index >= 15 is 0 Å². The van der Waals surface area contributed by atoms with Crippen LogP contribution in [0.3, 0.4) is 0 Å². The molecule has 0 bridgehead atoms. The molecule has 1 aliphatic heterocycles. The number of ether oxygens (including phenoxy) is 1. The molecule has 1 heterocycles. The lowest BCUT2D eigenvalue weighted by Gasteiger charge is -2.35. The van der Waals surface area contributed by atoms with Gasteiger partial charge < -0.3 is 19.9 Å². The summed E-state index contributed by atoms with van der Waals surface area (Å²) in [6.07, 6.45) is 0.861. The summed E-state index contributed by atoms with van der Waals surface area (Å²) in [4.78, 5) is 39.9. The van der Waals surface area contributed by atoms with Crippen molar-refractivity contribution < 1.29 is 19.1 Å². The van der Waals surface area contributed by atoms with Gasteiger partial charge in [0.2, 0.25) is 11.8 Å². The third-order valence-electron chi connectivity index (χ3n) is 4.51. The van der Waals surface area contributed by atoms with E-state index in [1.165, 1.54) is 0 Å². The Hall–Kier alpha value is -2.09. The van der Waals surface area contributed by atoms with E-state index in [1.807, 2.05) is 29.2 Å². The molecule has 0 radical (unpaired) electrons. The molecule has 1 fully saturated rings. The van der Waals surface area contributed by atoms with E-state index in [0.717, 1.165) is 10.0 Å². The first kappa shape index (κ1) is 23.2. The largest absolute Gasteiger partial charge is 0.444 e. The molecular weight excluding hydrogens is 438 g/mol. The van der Waals surface area contributed by atoms with Crippen LogP contribution in [0.15, 0.2) is 28.7 Å². The molecule has 29 heavy (non-hydrogen) atoms. The fourth-order valence-corrected chi connectivity index (χ4v) is 3.50. The molecule has 1 N–H and O–H groups in total. The van der Waals surface area contributed by atoms with Crippen LogP contribution >= 0.6 is 15.9 Å². The number of rotatable bonds is 6. The molecule has 160 valence electrons. The summed E-state index contributed by atoms with van der Waals surface area (Å²) in [6.45, 7) is 7.73. The van der Waals surface area contributed by atoms with E-state index in [0.29, 0.717) is 39.0 Å². The first-order valence-corrected chi connectivity index (χ1v) is 10.7. The Morgan fingerprint density at radius 1 is 1.03 bits per heavy atom. The van der Waals surface area contributed by atoms with E-state index in [2.05, 4.69) is 21.2 Å². The lowest BCUT2D eigenvalue weighted by Crippen LogP contribution is -2.51. The second kappa shape index (κ2) is 10.6. The molecule has 1 saturated heterocycles. The van der Waals surface area contributed by atoms with E-state index < -0.39 is 11.7 Å². The van der Waals surface area contributed by atoms with Crippen LogP contribution in [0.1, 0.15) is 39.2 Å². The lowest BCUT2D eigenvalue weighted by atomic mass is 10.1. The molecule has 3 amide bonds. The molecule has 0 aromatic heterocycles. The Morgan fingerprint density at radius 2 is 1.62 bits per heavy atom. The molecule has 0 atom stereocenters. The van der Waals surface area contributed by atoms with Gasteiger partial charge in [0.25, 0.3) is 0 Å². The van der Waals surface area contributed by atoms with Crippen molar-refractivity contribution in [3.63, 3.8) is 0 Å². The highest BCUT2D eigenvalue weighted by molar-refractivity contribution is 9.10. The predicted molar refractivity (Wildman–Crippen MR) is 114 cm³/mol. The minimum absolute atomic E-state index is 0.0257. The maximum Gasteiger partial charge on any atom is 0.407 e. The van der Waals surface area contributed by atoms with Crippen molar-refractivity contribution >= 4 is 33.8 Å². The van der Waals surface area contributed by atoms with Gasteiger partial charge in [0, 0.05) is 50.0 Å². The number of halogens is 1. The smallest absolute Gasteiger partial charge is 0.407 e. The number of carbonyl (C=O) groups excluding carboxylic acids is 3. The molecule has 0 spiro atoms. The van der Waals surface area contributed by atoms with Gasteiger partial charge in [-0.25, -0.2) is 4.79 Å². The maximum atomic E-state index is 12.4. The van der Waals surface area contributed by atoms with Crippen LogP contribution in [-0.2, 0) is 20.7 Å². The van der Waals surface area contributed by atoms with Gasteiger partial charge in [0.15, 0.2) is 0 Å². The molecule has 1 aliphatic rings. The number of piperazine rings is 1. The van der Waals surface area contributed by atoms with Gasteiger partial charge in [-0.3, -0.25) is 9.59 Å². The number of benzene rings is 1. The number of hydrogen-bond acceptors (Lipinski definition) is 4. The number of carbonyl (C=O) groups is 3. The minimum Gasteiger partial charge on any atom is -0.444 e. The predicted octanol–water partition coefficient (Wildman–Crippen LogP) is 2.97. The highest BCUT2D eigenvalue weighted by Gasteiger charge is 2.24.